The highest BCUT2D eigenvalue weighted by Gasteiger charge is 2.29. The summed E-state index contributed by atoms with van der Waals surface area (Å²) in [6, 6.07) is 13.5. The molecule has 0 bridgehead atoms. The maximum atomic E-state index is 13.9. The first-order valence-corrected chi connectivity index (χ1v) is 10.4. The van der Waals surface area contributed by atoms with Crippen molar-refractivity contribution in [1.29, 1.82) is 0 Å². The van der Waals surface area contributed by atoms with Gasteiger partial charge in [0.2, 0.25) is 5.91 Å². The van der Waals surface area contributed by atoms with Gasteiger partial charge in [-0.3, -0.25) is 14.5 Å². The van der Waals surface area contributed by atoms with Gasteiger partial charge in [-0.1, -0.05) is 42.1 Å². The highest BCUT2D eigenvalue weighted by atomic mass is 32.2. The number of rotatable bonds is 4. The van der Waals surface area contributed by atoms with Crippen LogP contribution in [-0.2, 0) is 9.59 Å². The third-order valence-electron chi connectivity index (χ3n) is 4.65. The lowest BCUT2D eigenvalue weighted by molar-refractivity contribution is -0.117. The van der Waals surface area contributed by atoms with E-state index in [1.807, 2.05) is 19.1 Å². The number of carbonyl (C=O) groups excluding carboxylic acids is 2. The minimum Gasteiger partial charge on any atom is -0.303 e. The zero-order chi connectivity index (χ0) is 22.0. The van der Waals surface area contributed by atoms with E-state index in [0.29, 0.717) is 33.7 Å². The smallest absolute Gasteiger partial charge is 0.282 e. The second-order valence-electron chi connectivity index (χ2n) is 6.82. The number of nitrogens with zero attached hydrogens (tertiary/aromatic N) is 4. The molecule has 2 aromatic carbocycles. The van der Waals surface area contributed by atoms with E-state index in [9.17, 15) is 14.0 Å². The average molecular weight is 435 g/mol. The fraction of sp³-hybridized carbons (Fsp3) is 0.136. The van der Waals surface area contributed by atoms with Crippen LogP contribution in [0.2, 0.25) is 0 Å². The fourth-order valence-electron chi connectivity index (χ4n) is 3.08. The molecule has 2 aliphatic heterocycles. The Bertz CT molecular complexity index is 1180. The Morgan fingerprint density at radius 1 is 1.19 bits per heavy atom. The fourth-order valence-corrected chi connectivity index (χ4v) is 3.70. The second-order valence-corrected chi connectivity index (χ2v) is 7.79. The van der Waals surface area contributed by atoms with Crippen LogP contribution in [-0.4, -0.2) is 34.3 Å². The molecular formula is C22H18FN5O2S. The number of hydrogen-bond donors (Lipinski definition) is 1. The summed E-state index contributed by atoms with van der Waals surface area (Å²) in [5.41, 5.74) is 2.62. The predicted octanol–water partition coefficient (Wildman–Crippen LogP) is 3.57. The van der Waals surface area contributed by atoms with Gasteiger partial charge in [0.1, 0.15) is 17.3 Å². The van der Waals surface area contributed by atoms with Gasteiger partial charge >= 0.3 is 0 Å². The van der Waals surface area contributed by atoms with Crippen LogP contribution in [0.15, 0.2) is 69.4 Å². The number of amidine groups is 2. The quantitative estimate of drug-likeness (QED) is 0.453. The largest absolute Gasteiger partial charge is 0.303 e. The maximum absolute atomic E-state index is 13.9. The van der Waals surface area contributed by atoms with E-state index in [4.69, 9.17) is 0 Å². The maximum Gasteiger partial charge on any atom is 0.282 e. The van der Waals surface area contributed by atoms with Crippen LogP contribution < -0.4 is 10.2 Å². The molecule has 1 fully saturated rings. The lowest BCUT2D eigenvalue weighted by atomic mass is 10.1. The number of hydrogen-bond acceptors (Lipinski definition) is 6. The molecule has 0 radical (unpaired) electrons. The van der Waals surface area contributed by atoms with Gasteiger partial charge in [0.05, 0.1) is 17.2 Å². The van der Waals surface area contributed by atoms with Crippen molar-refractivity contribution in [2.45, 2.75) is 13.8 Å². The van der Waals surface area contributed by atoms with Crippen LogP contribution in [0.25, 0.3) is 6.08 Å². The third kappa shape index (κ3) is 4.46. The number of amides is 2. The van der Waals surface area contributed by atoms with E-state index in [2.05, 4.69) is 20.5 Å². The Kier molecular flexibility index (Phi) is 5.77. The van der Waals surface area contributed by atoms with Crippen molar-refractivity contribution in [3.05, 3.63) is 71.2 Å². The van der Waals surface area contributed by atoms with Gasteiger partial charge in [0.25, 0.3) is 5.91 Å². The Morgan fingerprint density at radius 3 is 2.61 bits per heavy atom. The number of thioether (sulfide) groups is 1. The average Bonchev–Trinajstić information content (AvgIpc) is 3.30. The van der Waals surface area contributed by atoms with Crippen molar-refractivity contribution in [3.63, 3.8) is 0 Å². The van der Waals surface area contributed by atoms with Crippen LogP contribution >= 0.6 is 11.8 Å². The first kappa shape index (κ1) is 20.7. The molecule has 0 saturated carbocycles. The van der Waals surface area contributed by atoms with E-state index in [1.165, 1.54) is 28.8 Å². The highest BCUT2D eigenvalue weighted by Crippen LogP contribution is 2.26. The SMILES string of the molecule is CC1=N/C(=C\c2ccccc2F)C(=O)N1c1ccc(/C(C)=N/N=C2/NC(=O)CS2)cc1. The number of anilines is 1. The van der Waals surface area contributed by atoms with Crippen LogP contribution in [0.1, 0.15) is 25.0 Å². The highest BCUT2D eigenvalue weighted by molar-refractivity contribution is 8.15. The summed E-state index contributed by atoms with van der Waals surface area (Å²) in [5, 5.41) is 11.3. The molecule has 0 aliphatic carbocycles. The Morgan fingerprint density at radius 2 is 1.94 bits per heavy atom. The van der Waals surface area contributed by atoms with Crippen molar-refractivity contribution >= 4 is 52.1 Å². The molecule has 7 nitrogen and oxygen atoms in total. The zero-order valence-electron chi connectivity index (χ0n) is 16.8. The van der Waals surface area contributed by atoms with E-state index >= 15 is 0 Å². The van der Waals surface area contributed by atoms with Gasteiger partial charge in [0, 0.05) is 5.56 Å². The molecule has 2 amide bonds. The molecule has 31 heavy (non-hydrogen) atoms. The standard InChI is InChI=1S/C22H18FN5O2S/c1-13(26-27-22-25-20(29)12-31-22)15-7-9-17(10-8-15)28-14(2)24-19(21(28)30)11-16-5-3-4-6-18(16)23/h3-11H,12H2,1-2H3,(H,25,27,29)/b19-11-,26-13+. The number of nitrogens with one attached hydrogen (secondary N) is 1. The first-order valence-electron chi connectivity index (χ1n) is 9.43. The summed E-state index contributed by atoms with van der Waals surface area (Å²) < 4.78 is 13.9. The van der Waals surface area contributed by atoms with Crippen molar-refractivity contribution in [2.75, 3.05) is 10.7 Å². The normalized spacial score (nSPS) is 19.4. The number of halogens is 1. The summed E-state index contributed by atoms with van der Waals surface area (Å²) in [6.07, 6.45) is 1.45. The Labute approximate surface area is 182 Å². The van der Waals surface area contributed by atoms with E-state index in [1.54, 1.807) is 37.3 Å². The number of carbonyl (C=O) groups is 2. The molecule has 2 aromatic rings. The lowest BCUT2D eigenvalue weighted by Crippen LogP contribution is -2.30. The molecule has 0 atom stereocenters. The van der Waals surface area contributed by atoms with E-state index < -0.39 is 5.82 Å². The third-order valence-corrected chi connectivity index (χ3v) is 5.51. The van der Waals surface area contributed by atoms with Crippen LogP contribution in [0.3, 0.4) is 0 Å². The van der Waals surface area contributed by atoms with Crippen molar-refractivity contribution < 1.29 is 14.0 Å². The molecule has 0 unspecified atom stereocenters. The molecule has 2 aliphatic rings. The minimum absolute atomic E-state index is 0.0864. The summed E-state index contributed by atoms with van der Waals surface area (Å²) in [7, 11) is 0. The molecule has 0 aromatic heterocycles. The second kappa shape index (κ2) is 8.65. The van der Waals surface area contributed by atoms with Crippen molar-refractivity contribution in [3.8, 4) is 0 Å². The first-order chi connectivity index (χ1) is 14.9. The summed E-state index contributed by atoms with van der Waals surface area (Å²) >= 11 is 1.31. The minimum atomic E-state index is -0.410. The molecule has 1 N–H and O–H groups in total. The van der Waals surface area contributed by atoms with Gasteiger partial charge in [-0.25, -0.2) is 9.38 Å². The monoisotopic (exact) mass is 435 g/mol. The van der Waals surface area contributed by atoms with E-state index in [-0.39, 0.29) is 17.5 Å². The van der Waals surface area contributed by atoms with Crippen LogP contribution in [0.5, 0.6) is 0 Å². The van der Waals surface area contributed by atoms with Gasteiger partial charge in [0.15, 0.2) is 5.17 Å². The topological polar surface area (TPSA) is 86.5 Å². The number of aliphatic imine (C=N–C) groups is 1. The summed E-state index contributed by atoms with van der Waals surface area (Å²) in [4.78, 5) is 29.9. The van der Waals surface area contributed by atoms with Gasteiger partial charge in [-0.2, -0.15) is 5.10 Å². The molecule has 0 spiro atoms. The van der Waals surface area contributed by atoms with Gasteiger partial charge < -0.3 is 5.32 Å². The predicted molar refractivity (Wildman–Crippen MR) is 122 cm³/mol. The molecule has 1 saturated heterocycles. The number of benzene rings is 2. The van der Waals surface area contributed by atoms with Crippen molar-refractivity contribution in [1.82, 2.24) is 5.32 Å². The molecule has 2 heterocycles. The van der Waals surface area contributed by atoms with Crippen molar-refractivity contribution in [2.24, 2.45) is 15.2 Å². The zero-order valence-corrected chi connectivity index (χ0v) is 17.6. The Balaban J connectivity index is 1.53. The molecule has 9 heteroatoms. The van der Waals surface area contributed by atoms with Gasteiger partial charge in [-0.05, 0) is 43.7 Å². The summed E-state index contributed by atoms with van der Waals surface area (Å²) in [6.45, 7) is 3.54. The van der Waals surface area contributed by atoms with E-state index in [0.717, 1.165) is 5.56 Å². The van der Waals surface area contributed by atoms with Crippen LogP contribution in [0.4, 0.5) is 10.1 Å². The molecule has 156 valence electrons. The molecular weight excluding hydrogens is 417 g/mol. The molecule has 4 rings (SSSR count). The lowest BCUT2D eigenvalue weighted by Gasteiger charge is -2.16. The Hall–Kier alpha value is -3.59. The van der Waals surface area contributed by atoms with Crippen LogP contribution in [0, 0.1) is 5.82 Å². The van der Waals surface area contributed by atoms with Gasteiger partial charge in [-0.15, -0.1) is 5.10 Å². The summed E-state index contributed by atoms with van der Waals surface area (Å²) in [5.74, 6) is 0.0368.